The molecule has 0 atom stereocenters. The van der Waals surface area contributed by atoms with Gasteiger partial charge in [0, 0.05) is 24.5 Å². The molecule has 3 N–H and O–H groups in total. The molecule has 2 rings (SSSR count). The number of anilines is 1. The Kier molecular flexibility index (Phi) is 0.960. The van der Waals surface area contributed by atoms with Crippen LogP contribution < -0.4 is 10.6 Å². The molecule has 0 saturated carbocycles. The monoisotopic (exact) mass is 123 g/mol. The summed E-state index contributed by atoms with van der Waals surface area (Å²) in [6.07, 6.45) is 3.99. The van der Waals surface area contributed by atoms with E-state index in [-0.39, 0.29) is 0 Å². The van der Waals surface area contributed by atoms with E-state index in [1.54, 1.807) is 0 Å². The molecule has 0 amide bonds. The van der Waals surface area contributed by atoms with E-state index < -0.39 is 0 Å². The molecule has 0 fully saturated rings. The van der Waals surface area contributed by atoms with Crippen molar-refractivity contribution in [1.82, 2.24) is 10.3 Å². The summed E-state index contributed by atoms with van der Waals surface area (Å²) < 4.78 is 0. The van der Waals surface area contributed by atoms with Crippen molar-refractivity contribution in [2.75, 3.05) is 12.0 Å². The Morgan fingerprint density at radius 3 is 3.22 bits per heavy atom. The molecule has 9 heavy (non-hydrogen) atoms. The van der Waals surface area contributed by atoms with Crippen molar-refractivity contribution in [2.45, 2.75) is 6.54 Å². The zero-order chi connectivity index (χ0) is 6.10. The van der Waals surface area contributed by atoms with E-state index in [9.17, 15) is 0 Å². The standard InChI is InChI=1S/C6H9N3/c1-5-2-8-4-9-6(5)3-7-1/h1,3,7-9H,2,4H2. The smallest absolute Gasteiger partial charge is 0.0656 e. The van der Waals surface area contributed by atoms with Gasteiger partial charge in [-0.15, -0.1) is 0 Å². The maximum atomic E-state index is 3.20. The first kappa shape index (κ1) is 4.88. The molecule has 0 aliphatic carbocycles. The van der Waals surface area contributed by atoms with Crippen LogP contribution in [0.4, 0.5) is 5.69 Å². The molecule has 0 unspecified atom stereocenters. The summed E-state index contributed by atoms with van der Waals surface area (Å²) in [7, 11) is 0. The van der Waals surface area contributed by atoms with Gasteiger partial charge in [-0.2, -0.15) is 0 Å². The molecule has 0 radical (unpaired) electrons. The van der Waals surface area contributed by atoms with Gasteiger partial charge in [0.05, 0.1) is 12.4 Å². The van der Waals surface area contributed by atoms with Crippen molar-refractivity contribution in [1.29, 1.82) is 0 Å². The van der Waals surface area contributed by atoms with Crippen LogP contribution in [0.25, 0.3) is 0 Å². The minimum absolute atomic E-state index is 0.880. The molecule has 48 valence electrons. The van der Waals surface area contributed by atoms with Crippen LogP contribution >= 0.6 is 0 Å². The van der Waals surface area contributed by atoms with Crippen LogP contribution in [0.2, 0.25) is 0 Å². The fourth-order valence-corrected chi connectivity index (χ4v) is 1.06. The number of aromatic amines is 1. The highest BCUT2D eigenvalue weighted by Gasteiger charge is 2.05. The van der Waals surface area contributed by atoms with Crippen molar-refractivity contribution < 1.29 is 0 Å². The van der Waals surface area contributed by atoms with Gasteiger partial charge >= 0.3 is 0 Å². The maximum absolute atomic E-state index is 3.20. The van der Waals surface area contributed by atoms with E-state index in [2.05, 4.69) is 15.6 Å². The molecule has 2 heterocycles. The van der Waals surface area contributed by atoms with Crippen LogP contribution in [0.1, 0.15) is 5.56 Å². The van der Waals surface area contributed by atoms with Crippen LogP contribution in [0.15, 0.2) is 12.4 Å². The SMILES string of the molecule is c1[nH]cc2c1CNCN2. The van der Waals surface area contributed by atoms with Crippen LogP contribution in [-0.4, -0.2) is 11.7 Å². The fourth-order valence-electron chi connectivity index (χ4n) is 1.06. The summed E-state index contributed by atoms with van der Waals surface area (Å²) >= 11 is 0. The summed E-state index contributed by atoms with van der Waals surface area (Å²) in [6.45, 7) is 1.86. The molecule has 1 aromatic heterocycles. The highest BCUT2D eigenvalue weighted by atomic mass is 15.1. The van der Waals surface area contributed by atoms with Gasteiger partial charge in [0.1, 0.15) is 0 Å². The van der Waals surface area contributed by atoms with Crippen molar-refractivity contribution in [3.8, 4) is 0 Å². The summed E-state index contributed by atoms with van der Waals surface area (Å²) in [4.78, 5) is 3.04. The number of hydrogen-bond donors (Lipinski definition) is 3. The predicted molar refractivity (Wildman–Crippen MR) is 36.1 cm³/mol. The molecule has 0 aromatic carbocycles. The predicted octanol–water partition coefficient (Wildman–Crippen LogP) is 0.487. The Balaban J connectivity index is 2.39. The van der Waals surface area contributed by atoms with Crippen LogP contribution in [0.3, 0.4) is 0 Å². The molecule has 1 aromatic rings. The molecular formula is C6H9N3. The second-order valence-corrected chi connectivity index (χ2v) is 2.17. The highest BCUT2D eigenvalue weighted by molar-refractivity contribution is 5.50. The lowest BCUT2D eigenvalue weighted by Crippen LogP contribution is -2.26. The Labute approximate surface area is 53.5 Å². The lowest BCUT2D eigenvalue weighted by atomic mass is 10.2. The summed E-state index contributed by atoms with van der Waals surface area (Å²) in [6, 6.07) is 0. The van der Waals surface area contributed by atoms with E-state index in [0.29, 0.717) is 0 Å². The molecule has 1 aliphatic rings. The molecule has 3 heteroatoms. The topological polar surface area (TPSA) is 39.9 Å². The van der Waals surface area contributed by atoms with E-state index in [0.717, 1.165) is 13.2 Å². The largest absolute Gasteiger partial charge is 0.371 e. The average molecular weight is 123 g/mol. The van der Waals surface area contributed by atoms with E-state index in [1.807, 2.05) is 12.4 Å². The zero-order valence-electron chi connectivity index (χ0n) is 5.07. The number of aromatic nitrogens is 1. The van der Waals surface area contributed by atoms with Gasteiger partial charge in [0.2, 0.25) is 0 Å². The number of hydrogen-bond acceptors (Lipinski definition) is 2. The second-order valence-electron chi connectivity index (χ2n) is 2.17. The number of fused-ring (bicyclic) bond motifs is 1. The molecule has 0 saturated heterocycles. The summed E-state index contributed by atoms with van der Waals surface area (Å²) in [5, 5.41) is 6.40. The Bertz CT molecular complexity index is 183. The van der Waals surface area contributed by atoms with Gasteiger partial charge in [-0.1, -0.05) is 0 Å². The Hall–Kier alpha value is -0.960. The second kappa shape index (κ2) is 1.77. The third-order valence-corrected chi connectivity index (χ3v) is 1.55. The van der Waals surface area contributed by atoms with Gasteiger partial charge in [0.15, 0.2) is 0 Å². The van der Waals surface area contributed by atoms with Crippen LogP contribution in [0, 0.1) is 0 Å². The summed E-state index contributed by atoms with van der Waals surface area (Å²) in [5.41, 5.74) is 2.55. The Morgan fingerprint density at radius 2 is 2.33 bits per heavy atom. The third kappa shape index (κ3) is 0.695. The Morgan fingerprint density at radius 1 is 1.33 bits per heavy atom. The van der Waals surface area contributed by atoms with Gasteiger partial charge < -0.3 is 10.3 Å². The van der Waals surface area contributed by atoms with Crippen molar-refractivity contribution in [3.05, 3.63) is 18.0 Å². The highest BCUT2D eigenvalue weighted by Crippen LogP contribution is 2.15. The number of rotatable bonds is 0. The first-order valence-corrected chi connectivity index (χ1v) is 3.07. The molecule has 0 spiro atoms. The van der Waals surface area contributed by atoms with E-state index >= 15 is 0 Å². The first-order valence-electron chi connectivity index (χ1n) is 3.07. The minimum atomic E-state index is 0.880. The number of H-pyrrole nitrogens is 1. The van der Waals surface area contributed by atoms with E-state index in [1.165, 1.54) is 11.3 Å². The number of nitrogens with one attached hydrogen (secondary N) is 3. The van der Waals surface area contributed by atoms with Crippen LogP contribution in [0.5, 0.6) is 0 Å². The van der Waals surface area contributed by atoms with Gasteiger partial charge in [-0.05, 0) is 0 Å². The molecule has 1 aliphatic heterocycles. The zero-order valence-corrected chi connectivity index (χ0v) is 5.07. The quantitative estimate of drug-likeness (QED) is 0.469. The van der Waals surface area contributed by atoms with Gasteiger partial charge in [0.25, 0.3) is 0 Å². The first-order chi connectivity index (χ1) is 4.47. The molecule has 3 nitrogen and oxygen atoms in total. The van der Waals surface area contributed by atoms with Crippen molar-refractivity contribution >= 4 is 5.69 Å². The van der Waals surface area contributed by atoms with Crippen molar-refractivity contribution in [2.24, 2.45) is 0 Å². The summed E-state index contributed by atoms with van der Waals surface area (Å²) in [5.74, 6) is 0. The fraction of sp³-hybridized carbons (Fsp3) is 0.333. The lowest BCUT2D eigenvalue weighted by Gasteiger charge is -2.14. The molecule has 0 bridgehead atoms. The van der Waals surface area contributed by atoms with Crippen LogP contribution in [-0.2, 0) is 6.54 Å². The lowest BCUT2D eigenvalue weighted by molar-refractivity contribution is 0.712. The average Bonchev–Trinajstić information content (AvgIpc) is 2.33. The normalized spacial score (nSPS) is 16.4. The van der Waals surface area contributed by atoms with Gasteiger partial charge in [-0.25, -0.2) is 0 Å². The van der Waals surface area contributed by atoms with Crippen molar-refractivity contribution in [3.63, 3.8) is 0 Å². The maximum Gasteiger partial charge on any atom is 0.0656 e. The van der Waals surface area contributed by atoms with E-state index in [4.69, 9.17) is 0 Å². The third-order valence-electron chi connectivity index (χ3n) is 1.55. The minimum Gasteiger partial charge on any atom is -0.371 e. The molecular weight excluding hydrogens is 114 g/mol. The van der Waals surface area contributed by atoms with Gasteiger partial charge in [-0.3, -0.25) is 5.32 Å².